The lowest BCUT2D eigenvalue weighted by atomic mass is 9.88. The first-order valence-electron chi connectivity index (χ1n) is 5.67. The van der Waals surface area contributed by atoms with Gasteiger partial charge in [0.05, 0.1) is 6.61 Å². The summed E-state index contributed by atoms with van der Waals surface area (Å²) >= 11 is 0. The van der Waals surface area contributed by atoms with E-state index in [9.17, 15) is 13.9 Å². The van der Waals surface area contributed by atoms with Crippen molar-refractivity contribution in [1.29, 1.82) is 0 Å². The van der Waals surface area contributed by atoms with Crippen molar-refractivity contribution >= 4 is 0 Å². The van der Waals surface area contributed by atoms with E-state index in [0.29, 0.717) is 0 Å². The Kier molecular flexibility index (Phi) is 3.19. The van der Waals surface area contributed by atoms with Gasteiger partial charge in [-0.25, -0.2) is 8.78 Å². The van der Waals surface area contributed by atoms with Crippen molar-refractivity contribution < 1.29 is 18.6 Å². The van der Waals surface area contributed by atoms with Gasteiger partial charge in [0.15, 0.2) is 11.6 Å². The van der Waals surface area contributed by atoms with Crippen LogP contribution in [0.25, 0.3) is 0 Å². The van der Waals surface area contributed by atoms with Crippen molar-refractivity contribution in [2.45, 2.75) is 25.4 Å². The molecule has 1 aromatic carbocycles. The summed E-state index contributed by atoms with van der Waals surface area (Å²) < 4.78 is 32.3. The normalized spacial score (nSPS) is 19.1. The molecule has 0 spiro atoms. The summed E-state index contributed by atoms with van der Waals surface area (Å²) in [7, 11) is 1.44. The molecule has 1 atom stereocenters. The van der Waals surface area contributed by atoms with Gasteiger partial charge in [0, 0.05) is 12.7 Å². The van der Waals surface area contributed by atoms with Gasteiger partial charge in [-0.05, 0) is 31.2 Å². The molecule has 1 unspecified atom stereocenters. The predicted molar refractivity (Wildman–Crippen MR) is 59.6 cm³/mol. The highest BCUT2D eigenvalue weighted by molar-refractivity contribution is 5.31. The van der Waals surface area contributed by atoms with Crippen LogP contribution in [0.2, 0.25) is 0 Å². The van der Waals surface area contributed by atoms with E-state index in [0.717, 1.165) is 12.8 Å². The molecule has 17 heavy (non-hydrogen) atoms. The number of rotatable bonds is 4. The van der Waals surface area contributed by atoms with E-state index >= 15 is 0 Å². The van der Waals surface area contributed by atoms with Crippen LogP contribution in [-0.4, -0.2) is 18.8 Å². The molecule has 1 aromatic rings. The first-order chi connectivity index (χ1) is 8.00. The van der Waals surface area contributed by atoms with Crippen LogP contribution in [0.3, 0.4) is 0 Å². The summed E-state index contributed by atoms with van der Waals surface area (Å²) in [5, 5.41) is 10.5. The third-order valence-corrected chi connectivity index (χ3v) is 3.36. The second kappa shape index (κ2) is 4.35. The van der Waals surface area contributed by atoms with Crippen LogP contribution in [-0.2, 0) is 10.3 Å². The molecule has 1 N–H and O–H groups in total. The second-order valence-corrected chi connectivity index (χ2v) is 4.69. The Hall–Kier alpha value is -1.00. The quantitative estimate of drug-likeness (QED) is 0.879. The maximum Gasteiger partial charge on any atom is 0.165 e. The summed E-state index contributed by atoms with van der Waals surface area (Å²) in [6, 6.07) is 2.93. The molecule has 1 aliphatic rings. The molecule has 2 rings (SSSR count). The molecule has 1 saturated carbocycles. The highest BCUT2D eigenvalue weighted by atomic mass is 19.2. The summed E-state index contributed by atoms with van der Waals surface area (Å²) in [4.78, 5) is 0. The first kappa shape index (κ1) is 12.5. The summed E-state index contributed by atoms with van der Waals surface area (Å²) in [6.45, 7) is 1.48. The van der Waals surface area contributed by atoms with Gasteiger partial charge in [-0.1, -0.05) is 12.1 Å². The van der Waals surface area contributed by atoms with Gasteiger partial charge in [0.1, 0.15) is 5.60 Å². The number of hydrogen-bond acceptors (Lipinski definition) is 2. The predicted octanol–water partition coefficient (Wildman–Crippen LogP) is 2.52. The zero-order chi connectivity index (χ0) is 12.6. The Morgan fingerprint density at radius 2 is 2.00 bits per heavy atom. The lowest BCUT2D eigenvalue weighted by Crippen LogP contribution is -2.35. The van der Waals surface area contributed by atoms with Crippen LogP contribution >= 0.6 is 0 Å². The average molecular weight is 242 g/mol. The highest BCUT2D eigenvalue weighted by Crippen LogP contribution is 2.46. The monoisotopic (exact) mass is 242 g/mol. The van der Waals surface area contributed by atoms with Crippen LogP contribution in [0.1, 0.15) is 24.0 Å². The van der Waals surface area contributed by atoms with Gasteiger partial charge in [-0.15, -0.1) is 0 Å². The van der Waals surface area contributed by atoms with E-state index < -0.39 is 17.2 Å². The van der Waals surface area contributed by atoms with Crippen molar-refractivity contribution in [2.24, 2.45) is 5.92 Å². The van der Waals surface area contributed by atoms with Gasteiger partial charge >= 0.3 is 0 Å². The smallest absolute Gasteiger partial charge is 0.165 e. The summed E-state index contributed by atoms with van der Waals surface area (Å²) in [5.74, 6) is -1.90. The molecule has 94 valence electrons. The molecule has 1 fully saturated rings. The Morgan fingerprint density at radius 1 is 1.35 bits per heavy atom. The number of ether oxygens (including phenoxy) is 1. The van der Waals surface area contributed by atoms with E-state index in [2.05, 4.69) is 0 Å². The lowest BCUT2D eigenvalue weighted by molar-refractivity contribution is -0.0559. The largest absolute Gasteiger partial charge is 0.382 e. The van der Waals surface area contributed by atoms with E-state index in [1.54, 1.807) is 0 Å². The van der Waals surface area contributed by atoms with E-state index in [1.807, 2.05) is 0 Å². The molecule has 0 radical (unpaired) electrons. The van der Waals surface area contributed by atoms with Gasteiger partial charge < -0.3 is 9.84 Å². The fourth-order valence-electron chi connectivity index (χ4n) is 2.18. The number of hydrogen-bond donors (Lipinski definition) is 1. The maximum atomic E-state index is 13.9. The van der Waals surface area contributed by atoms with Gasteiger partial charge in [-0.2, -0.15) is 0 Å². The molecule has 0 bridgehead atoms. The van der Waals surface area contributed by atoms with Gasteiger partial charge in [0.25, 0.3) is 0 Å². The number of aryl methyl sites for hydroxylation is 1. The van der Waals surface area contributed by atoms with Crippen LogP contribution in [0, 0.1) is 24.5 Å². The fraction of sp³-hybridized carbons (Fsp3) is 0.538. The van der Waals surface area contributed by atoms with Crippen LogP contribution in [0.5, 0.6) is 0 Å². The van der Waals surface area contributed by atoms with Crippen LogP contribution in [0.4, 0.5) is 8.78 Å². The zero-order valence-corrected chi connectivity index (χ0v) is 9.96. The molecule has 1 aliphatic carbocycles. The van der Waals surface area contributed by atoms with Gasteiger partial charge in [-0.3, -0.25) is 0 Å². The van der Waals surface area contributed by atoms with E-state index in [4.69, 9.17) is 4.74 Å². The Labute approximate surface area is 99.2 Å². The standard InChI is InChI=1S/C13H16F2O2/c1-8-3-6-10(12(15)11(8)14)13(16,7-17-2)9-4-5-9/h3,6,9,16H,4-5,7H2,1-2H3. The summed E-state index contributed by atoms with van der Waals surface area (Å²) in [5.41, 5.74) is -1.17. The number of methoxy groups -OCH3 is 1. The zero-order valence-electron chi connectivity index (χ0n) is 9.96. The Bertz CT molecular complexity index is 430. The van der Waals surface area contributed by atoms with Crippen molar-refractivity contribution in [3.63, 3.8) is 0 Å². The molecular weight excluding hydrogens is 226 g/mol. The average Bonchev–Trinajstić information content (AvgIpc) is 3.10. The topological polar surface area (TPSA) is 29.5 Å². The number of benzene rings is 1. The fourth-order valence-corrected chi connectivity index (χ4v) is 2.18. The maximum absolute atomic E-state index is 13.9. The number of halogens is 2. The third-order valence-electron chi connectivity index (χ3n) is 3.36. The third kappa shape index (κ3) is 2.07. The number of aliphatic hydroxyl groups is 1. The second-order valence-electron chi connectivity index (χ2n) is 4.69. The highest BCUT2D eigenvalue weighted by Gasteiger charge is 2.47. The molecule has 0 aromatic heterocycles. The van der Waals surface area contributed by atoms with Crippen molar-refractivity contribution in [2.75, 3.05) is 13.7 Å². The van der Waals surface area contributed by atoms with Crippen LogP contribution in [0.15, 0.2) is 12.1 Å². The SMILES string of the molecule is COCC(O)(c1ccc(C)c(F)c1F)C1CC1. The Balaban J connectivity index is 2.46. The van der Waals surface area contributed by atoms with Crippen molar-refractivity contribution in [3.8, 4) is 0 Å². The minimum Gasteiger partial charge on any atom is -0.382 e. The van der Waals surface area contributed by atoms with Gasteiger partial charge in [0.2, 0.25) is 0 Å². The van der Waals surface area contributed by atoms with E-state index in [1.165, 1.54) is 26.2 Å². The molecule has 0 heterocycles. The molecule has 0 saturated heterocycles. The summed E-state index contributed by atoms with van der Waals surface area (Å²) in [6.07, 6.45) is 1.63. The first-order valence-corrected chi connectivity index (χ1v) is 5.67. The molecule has 4 heteroatoms. The minimum absolute atomic E-state index is 0.00458. The molecule has 0 amide bonds. The molecule has 2 nitrogen and oxygen atoms in total. The van der Waals surface area contributed by atoms with Crippen molar-refractivity contribution in [1.82, 2.24) is 0 Å². The minimum atomic E-state index is -1.41. The van der Waals surface area contributed by atoms with Crippen molar-refractivity contribution in [3.05, 3.63) is 34.9 Å². The molecular formula is C13H16F2O2. The Morgan fingerprint density at radius 3 is 2.53 bits per heavy atom. The van der Waals surface area contributed by atoms with E-state index in [-0.39, 0.29) is 23.7 Å². The van der Waals surface area contributed by atoms with Crippen LogP contribution < -0.4 is 0 Å². The molecule has 0 aliphatic heterocycles. The lowest BCUT2D eigenvalue weighted by Gasteiger charge is -2.28.